The van der Waals surface area contributed by atoms with E-state index in [0.29, 0.717) is 22.2 Å². The number of amides is 2. The number of carboxylic acid groups (broad SMARTS) is 1. The number of carbonyl (C=O) groups is 3. The molecule has 1 atom stereocenters. The summed E-state index contributed by atoms with van der Waals surface area (Å²) in [6.45, 7) is 4.16. The van der Waals surface area contributed by atoms with Gasteiger partial charge >= 0.3 is 5.97 Å². The summed E-state index contributed by atoms with van der Waals surface area (Å²) in [5.41, 5.74) is 3.31. The maximum atomic E-state index is 13.0. The molecule has 0 saturated heterocycles. The van der Waals surface area contributed by atoms with E-state index in [0.717, 1.165) is 35.3 Å². The van der Waals surface area contributed by atoms with Gasteiger partial charge in [0, 0.05) is 17.0 Å². The number of thiophene rings is 1. The van der Waals surface area contributed by atoms with Crippen LogP contribution in [0.5, 0.6) is 0 Å². The molecule has 1 aromatic carbocycles. The summed E-state index contributed by atoms with van der Waals surface area (Å²) < 4.78 is 0. The maximum Gasteiger partial charge on any atom is 0.303 e. The zero-order chi connectivity index (χ0) is 20.3. The van der Waals surface area contributed by atoms with Crippen LogP contribution < -0.4 is 10.6 Å². The number of benzene rings is 1. The van der Waals surface area contributed by atoms with Crippen molar-refractivity contribution in [3.8, 4) is 0 Å². The molecule has 7 heteroatoms. The molecule has 1 aliphatic rings. The minimum atomic E-state index is -1.02. The predicted octanol–water partition coefficient (Wildman–Crippen LogP) is 4.24. The van der Waals surface area contributed by atoms with Crippen molar-refractivity contribution in [1.82, 2.24) is 0 Å². The fraction of sp³-hybridized carbons (Fsp3) is 0.381. The van der Waals surface area contributed by atoms with Crippen molar-refractivity contribution in [2.24, 2.45) is 5.92 Å². The lowest BCUT2D eigenvalue weighted by atomic mass is 9.88. The van der Waals surface area contributed by atoms with Crippen LogP contribution in [0, 0.1) is 12.8 Å². The fourth-order valence-corrected chi connectivity index (χ4v) is 4.74. The molecule has 3 N–H and O–H groups in total. The molecule has 148 valence electrons. The molecule has 3 rings (SSSR count). The van der Waals surface area contributed by atoms with Crippen molar-refractivity contribution in [1.29, 1.82) is 0 Å². The summed E-state index contributed by atoms with van der Waals surface area (Å²) >= 11 is 1.43. The molecule has 1 aliphatic carbocycles. The highest BCUT2D eigenvalue weighted by molar-refractivity contribution is 7.17. The molecule has 1 aromatic heterocycles. The Kier molecular flexibility index (Phi) is 6.14. The van der Waals surface area contributed by atoms with Crippen LogP contribution in [0.2, 0.25) is 0 Å². The van der Waals surface area contributed by atoms with E-state index in [-0.39, 0.29) is 18.7 Å². The Bertz CT molecular complexity index is 902. The van der Waals surface area contributed by atoms with Crippen molar-refractivity contribution < 1.29 is 19.5 Å². The summed E-state index contributed by atoms with van der Waals surface area (Å²) in [6, 6.07) is 7.54. The molecule has 28 heavy (non-hydrogen) atoms. The topological polar surface area (TPSA) is 95.5 Å². The molecular formula is C21H24N2O4S. The van der Waals surface area contributed by atoms with Crippen LogP contribution in [-0.2, 0) is 22.4 Å². The summed E-state index contributed by atoms with van der Waals surface area (Å²) in [5.74, 6) is -1.12. The van der Waals surface area contributed by atoms with E-state index in [1.165, 1.54) is 11.3 Å². The highest BCUT2D eigenvalue weighted by Gasteiger charge is 2.28. The Hall–Kier alpha value is -2.67. The van der Waals surface area contributed by atoms with Gasteiger partial charge in [-0.15, -0.1) is 11.3 Å². The second kappa shape index (κ2) is 8.56. The van der Waals surface area contributed by atoms with Crippen molar-refractivity contribution >= 4 is 39.8 Å². The van der Waals surface area contributed by atoms with Crippen LogP contribution >= 0.6 is 11.3 Å². The van der Waals surface area contributed by atoms with E-state index in [1.54, 1.807) is 0 Å². The molecule has 0 fully saturated rings. The first-order valence-corrected chi connectivity index (χ1v) is 10.2. The average Bonchev–Trinajstić information content (AvgIpc) is 2.98. The Morgan fingerprint density at radius 1 is 1.14 bits per heavy atom. The predicted molar refractivity (Wildman–Crippen MR) is 110 cm³/mol. The smallest absolute Gasteiger partial charge is 0.303 e. The average molecular weight is 401 g/mol. The fourth-order valence-electron chi connectivity index (χ4n) is 3.32. The van der Waals surface area contributed by atoms with Crippen LogP contribution in [0.4, 0.5) is 10.7 Å². The minimum Gasteiger partial charge on any atom is -0.481 e. The van der Waals surface area contributed by atoms with Crippen molar-refractivity contribution in [2.75, 3.05) is 10.6 Å². The van der Waals surface area contributed by atoms with Gasteiger partial charge in [0.1, 0.15) is 5.00 Å². The third-order valence-corrected chi connectivity index (χ3v) is 6.04. The highest BCUT2D eigenvalue weighted by Crippen LogP contribution is 2.40. The zero-order valence-electron chi connectivity index (χ0n) is 16.0. The Labute approximate surface area is 168 Å². The number of anilines is 2. The minimum absolute atomic E-state index is 0.118. The summed E-state index contributed by atoms with van der Waals surface area (Å²) in [4.78, 5) is 37.0. The van der Waals surface area contributed by atoms with Gasteiger partial charge in [0.2, 0.25) is 5.91 Å². The van der Waals surface area contributed by atoms with Crippen molar-refractivity contribution in [3.05, 3.63) is 45.8 Å². The van der Waals surface area contributed by atoms with Gasteiger partial charge in [-0.05, 0) is 49.8 Å². The van der Waals surface area contributed by atoms with Gasteiger partial charge in [-0.25, -0.2) is 0 Å². The van der Waals surface area contributed by atoms with Gasteiger partial charge in [-0.2, -0.15) is 0 Å². The van der Waals surface area contributed by atoms with E-state index in [9.17, 15) is 14.4 Å². The molecule has 0 aliphatic heterocycles. The number of aliphatic carboxylic acids is 1. The lowest BCUT2D eigenvalue weighted by Crippen LogP contribution is -2.19. The third-order valence-electron chi connectivity index (χ3n) is 4.87. The Morgan fingerprint density at radius 3 is 2.54 bits per heavy atom. The first-order valence-electron chi connectivity index (χ1n) is 9.37. The summed E-state index contributed by atoms with van der Waals surface area (Å²) in [7, 11) is 0. The van der Waals surface area contributed by atoms with E-state index in [1.807, 2.05) is 31.2 Å². The number of aryl methyl sites for hydroxylation is 1. The van der Waals surface area contributed by atoms with Gasteiger partial charge < -0.3 is 15.7 Å². The van der Waals surface area contributed by atoms with Crippen molar-refractivity contribution in [2.45, 2.75) is 46.0 Å². The SMILES string of the molecule is Cc1ccc(NC(=O)c2c(NC(=O)CCC(=O)O)sc3c2CC[C@H](C)C3)cc1. The Morgan fingerprint density at radius 2 is 1.86 bits per heavy atom. The lowest BCUT2D eigenvalue weighted by molar-refractivity contribution is -0.138. The van der Waals surface area contributed by atoms with E-state index in [4.69, 9.17) is 5.11 Å². The highest BCUT2D eigenvalue weighted by atomic mass is 32.1. The van der Waals surface area contributed by atoms with E-state index >= 15 is 0 Å². The van der Waals surface area contributed by atoms with Gasteiger partial charge in [0.05, 0.1) is 12.0 Å². The number of carboxylic acids is 1. The van der Waals surface area contributed by atoms with Crippen LogP contribution in [0.25, 0.3) is 0 Å². The first-order chi connectivity index (χ1) is 13.3. The van der Waals surface area contributed by atoms with Gasteiger partial charge in [-0.3, -0.25) is 14.4 Å². The number of nitrogens with one attached hydrogen (secondary N) is 2. The molecule has 0 bridgehead atoms. The van der Waals surface area contributed by atoms with Crippen LogP contribution in [0.3, 0.4) is 0 Å². The van der Waals surface area contributed by atoms with Crippen LogP contribution in [-0.4, -0.2) is 22.9 Å². The van der Waals surface area contributed by atoms with Gasteiger partial charge in [0.25, 0.3) is 5.91 Å². The molecule has 0 unspecified atom stereocenters. The number of carbonyl (C=O) groups excluding carboxylic acids is 2. The second-order valence-corrected chi connectivity index (χ2v) is 8.42. The number of hydrogen-bond donors (Lipinski definition) is 3. The zero-order valence-corrected chi connectivity index (χ0v) is 16.8. The number of hydrogen-bond acceptors (Lipinski definition) is 4. The standard InChI is InChI=1S/C21H24N2O4S/c1-12-3-6-14(7-4-12)22-20(27)19-15-8-5-13(2)11-16(15)28-21(19)23-17(24)9-10-18(25)26/h3-4,6-7,13H,5,8-11H2,1-2H3,(H,22,27)(H,23,24)(H,25,26)/t13-/m0/s1. The summed E-state index contributed by atoms with van der Waals surface area (Å²) in [6.07, 6.45) is 2.33. The van der Waals surface area contributed by atoms with E-state index in [2.05, 4.69) is 17.6 Å². The molecule has 2 aromatic rings. The third kappa shape index (κ3) is 4.78. The second-order valence-electron chi connectivity index (χ2n) is 7.32. The van der Waals surface area contributed by atoms with Gasteiger partial charge in [0.15, 0.2) is 0 Å². The normalized spacial score (nSPS) is 15.6. The molecule has 0 saturated carbocycles. The van der Waals surface area contributed by atoms with Crippen LogP contribution in [0.15, 0.2) is 24.3 Å². The molecular weight excluding hydrogens is 376 g/mol. The van der Waals surface area contributed by atoms with Crippen molar-refractivity contribution in [3.63, 3.8) is 0 Å². The summed E-state index contributed by atoms with van der Waals surface area (Å²) in [5, 5.41) is 15.0. The largest absolute Gasteiger partial charge is 0.481 e. The molecule has 2 amide bonds. The monoisotopic (exact) mass is 400 g/mol. The molecule has 0 spiro atoms. The molecule has 0 radical (unpaired) electrons. The quantitative estimate of drug-likeness (QED) is 0.676. The van der Waals surface area contributed by atoms with Crippen LogP contribution in [0.1, 0.15) is 52.5 Å². The number of rotatable bonds is 6. The lowest BCUT2D eigenvalue weighted by Gasteiger charge is -2.18. The Balaban J connectivity index is 1.86. The first kappa shape index (κ1) is 20.1. The molecule has 1 heterocycles. The van der Waals surface area contributed by atoms with Gasteiger partial charge in [-0.1, -0.05) is 24.6 Å². The number of fused-ring (bicyclic) bond motifs is 1. The maximum absolute atomic E-state index is 13.0. The van der Waals surface area contributed by atoms with E-state index < -0.39 is 11.9 Å². The molecule has 6 nitrogen and oxygen atoms in total.